The summed E-state index contributed by atoms with van der Waals surface area (Å²) in [4.78, 5) is 0. The van der Waals surface area contributed by atoms with E-state index in [0.717, 1.165) is 5.92 Å². The SMILES string of the molecule is N#C/C(F)=C/[C]1[CH][CH][CH][CH]1. The largest absolute Gasteiger partial charge is 0.196 e. The van der Waals surface area contributed by atoms with E-state index in [4.69, 9.17) is 5.26 Å². The molecular formula is C8H5FN. The van der Waals surface area contributed by atoms with Crippen LogP contribution in [0.1, 0.15) is 0 Å². The number of nitriles is 1. The lowest BCUT2D eigenvalue weighted by Gasteiger charge is -1.95. The summed E-state index contributed by atoms with van der Waals surface area (Å²) in [6.07, 6.45) is 8.24. The van der Waals surface area contributed by atoms with Crippen LogP contribution >= 0.6 is 0 Å². The van der Waals surface area contributed by atoms with Gasteiger partial charge >= 0.3 is 0 Å². The molecule has 0 unspecified atom stereocenters. The summed E-state index contributed by atoms with van der Waals surface area (Å²) in [5.74, 6) is -0.0368. The van der Waals surface area contributed by atoms with Crippen LogP contribution in [-0.4, -0.2) is 0 Å². The highest BCUT2D eigenvalue weighted by Gasteiger charge is 2.14. The Hall–Kier alpha value is -0.840. The van der Waals surface area contributed by atoms with Crippen LogP contribution in [0.25, 0.3) is 0 Å². The number of nitrogens with zero attached hydrogens (tertiary/aromatic N) is 1. The second kappa shape index (κ2) is 3.36. The zero-order valence-corrected chi connectivity index (χ0v) is 5.21. The van der Waals surface area contributed by atoms with Gasteiger partial charge in [-0.05, 0) is 31.8 Å². The highest BCUT2D eigenvalue weighted by molar-refractivity contribution is 5.44. The predicted molar refractivity (Wildman–Crippen MR) is 35.2 cm³/mol. The van der Waals surface area contributed by atoms with E-state index in [-0.39, 0.29) is 0 Å². The van der Waals surface area contributed by atoms with Crippen LogP contribution in [0.15, 0.2) is 11.9 Å². The molecule has 1 nitrogen and oxygen atoms in total. The fraction of sp³-hybridized carbons (Fsp3) is 0. The average molecular weight is 134 g/mol. The van der Waals surface area contributed by atoms with E-state index in [1.807, 2.05) is 0 Å². The van der Waals surface area contributed by atoms with Gasteiger partial charge in [0.2, 0.25) is 0 Å². The molecule has 0 N–H and O–H groups in total. The molecule has 0 aromatic carbocycles. The molecule has 0 aromatic rings. The van der Waals surface area contributed by atoms with E-state index in [9.17, 15) is 4.39 Å². The standard InChI is InChI=1S/C8H5FN/c9-8(6-10)5-7-3-1-2-4-7/h1-5H/b8-5-. The fourth-order valence-corrected chi connectivity index (χ4v) is 0.664. The van der Waals surface area contributed by atoms with Crippen molar-refractivity contribution in [3.05, 3.63) is 43.5 Å². The van der Waals surface area contributed by atoms with Gasteiger partial charge in [-0.15, -0.1) is 0 Å². The quantitative estimate of drug-likeness (QED) is 0.501. The molecular weight excluding hydrogens is 129 g/mol. The van der Waals surface area contributed by atoms with Crippen LogP contribution in [0.3, 0.4) is 0 Å². The Bertz CT molecular complexity index is 172. The monoisotopic (exact) mass is 134 g/mol. The number of hydrogen-bond donors (Lipinski definition) is 0. The van der Waals surface area contributed by atoms with Gasteiger partial charge in [0.15, 0.2) is 5.83 Å². The molecule has 0 spiro atoms. The Labute approximate surface area is 60.2 Å². The van der Waals surface area contributed by atoms with Gasteiger partial charge in [0, 0.05) is 5.92 Å². The Kier molecular flexibility index (Phi) is 2.44. The summed E-state index contributed by atoms with van der Waals surface area (Å²) in [6, 6.07) is 1.40. The maximum absolute atomic E-state index is 12.2. The third-order valence-electron chi connectivity index (χ3n) is 1.09. The highest BCUT2D eigenvalue weighted by Crippen LogP contribution is 2.25. The topological polar surface area (TPSA) is 23.8 Å². The number of halogens is 1. The Morgan fingerprint density at radius 2 is 2.10 bits per heavy atom. The van der Waals surface area contributed by atoms with Crippen molar-refractivity contribution < 1.29 is 4.39 Å². The zero-order chi connectivity index (χ0) is 7.40. The molecule has 1 rings (SSSR count). The van der Waals surface area contributed by atoms with Crippen molar-refractivity contribution in [2.45, 2.75) is 0 Å². The molecule has 10 heavy (non-hydrogen) atoms. The maximum atomic E-state index is 12.2. The smallest absolute Gasteiger partial charge is 0.195 e. The van der Waals surface area contributed by atoms with Crippen molar-refractivity contribution in [2.75, 3.05) is 0 Å². The molecule has 1 saturated carbocycles. The molecule has 2 heteroatoms. The van der Waals surface area contributed by atoms with Crippen molar-refractivity contribution >= 4 is 0 Å². The summed E-state index contributed by atoms with van der Waals surface area (Å²) < 4.78 is 12.2. The van der Waals surface area contributed by atoms with Crippen molar-refractivity contribution in [3.8, 4) is 6.07 Å². The van der Waals surface area contributed by atoms with Crippen LogP contribution in [0, 0.1) is 42.9 Å². The Balaban J connectivity index is 2.44. The van der Waals surface area contributed by atoms with E-state index in [2.05, 4.69) is 0 Å². The summed E-state index contributed by atoms with van der Waals surface area (Å²) in [5, 5.41) is 8.04. The molecule has 0 aromatic heterocycles. The van der Waals surface area contributed by atoms with E-state index in [1.54, 1.807) is 25.7 Å². The molecule has 1 aliphatic carbocycles. The van der Waals surface area contributed by atoms with Gasteiger partial charge in [0.1, 0.15) is 6.07 Å². The van der Waals surface area contributed by atoms with Crippen LogP contribution in [0.4, 0.5) is 4.39 Å². The van der Waals surface area contributed by atoms with Gasteiger partial charge in [0.05, 0.1) is 0 Å². The van der Waals surface area contributed by atoms with Gasteiger partial charge in [-0.1, -0.05) is 0 Å². The first-order valence-corrected chi connectivity index (χ1v) is 2.82. The lowest BCUT2D eigenvalue weighted by molar-refractivity contribution is 0.669. The average Bonchev–Trinajstić information content (AvgIpc) is 2.40. The first kappa shape index (κ1) is 7.27. The predicted octanol–water partition coefficient (Wildman–Crippen LogP) is 1.77. The maximum Gasteiger partial charge on any atom is 0.196 e. The van der Waals surface area contributed by atoms with E-state index < -0.39 is 5.83 Å². The minimum absolute atomic E-state index is 0.721. The fourth-order valence-electron chi connectivity index (χ4n) is 0.664. The van der Waals surface area contributed by atoms with Gasteiger partial charge in [0.25, 0.3) is 0 Å². The molecule has 49 valence electrons. The van der Waals surface area contributed by atoms with Gasteiger partial charge in [-0.25, -0.2) is 0 Å². The first-order valence-electron chi connectivity index (χ1n) is 2.82. The second-order valence-corrected chi connectivity index (χ2v) is 1.82. The lowest BCUT2D eigenvalue weighted by Crippen LogP contribution is -1.85. The molecule has 0 bridgehead atoms. The van der Waals surface area contributed by atoms with Crippen LogP contribution in [-0.2, 0) is 0 Å². The minimum Gasteiger partial charge on any atom is -0.195 e. The summed E-state index contributed by atoms with van der Waals surface area (Å²) in [5.41, 5.74) is 0. The molecule has 1 fully saturated rings. The van der Waals surface area contributed by atoms with Gasteiger partial charge < -0.3 is 0 Å². The highest BCUT2D eigenvalue weighted by atomic mass is 19.1. The van der Waals surface area contributed by atoms with Crippen LogP contribution in [0.2, 0.25) is 0 Å². The minimum atomic E-state index is -0.758. The normalized spacial score (nSPS) is 21.0. The van der Waals surface area contributed by atoms with E-state index in [0.29, 0.717) is 0 Å². The number of hydrogen-bond acceptors (Lipinski definition) is 1. The van der Waals surface area contributed by atoms with Crippen molar-refractivity contribution in [3.63, 3.8) is 0 Å². The molecule has 5 radical (unpaired) electrons. The van der Waals surface area contributed by atoms with Crippen LogP contribution in [0.5, 0.6) is 0 Å². The molecule has 0 heterocycles. The third kappa shape index (κ3) is 1.84. The van der Waals surface area contributed by atoms with Crippen molar-refractivity contribution in [1.29, 1.82) is 5.26 Å². The lowest BCUT2D eigenvalue weighted by atomic mass is 10.1. The van der Waals surface area contributed by atoms with Crippen LogP contribution < -0.4 is 0 Å². The molecule has 0 saturated heterocycles. The van der Waals surface area contributed by atoms with Crippen molar-refractivity contribution in [2.24, 2.45) is 0 Å². The van der Waals surface area contributed by atoms with Gasteiger partial charge in [-0.3, -0.25) is 0 Å². The van der Waals surface area contributed by atoms with Crippen molar-refractivity contribution in [1.82, 2.24) is 0 Å². The van der Waals surface area contributed by atoms with E-state index >= 15 is 0 Å². The van der Waals surface area contributed by atoms with E-state index in [1.165, 1.54) is 12.1 Å². The Morgan fingerprint density at radius 3 is 2.60 bits per heavy atom. The molecule has 0 amide bonds. The Morgan fingerprint density at radius 1 is 1.50 bits per heavy atom. The summed E-state index contributed by atoms with van der Waals surface area (Å²) >= 11 is 0. The molecule has 0 atom stereocenters. The number of allylic oxidation sites excluding steroid dienone is 2. The second-order valence-electron chi connectivity index (χ2n) is 1.82. The first-order chi connectivity index (χ1) is 4.83. The zero-order valence-electron chi connectivity index (χ0n) is 5.21. The summed E-state index contributed by atoms with van der Waals surface area (Å²) in [7, 11) is 0. The third-order valence-corrected chi connectivity index (χ3v) is 1.09. The molecule has 0 aliphatic heterocycles. The molecule has 1 aliphatic rings. The summed E-state index contributed by atoms with van der Waals surface area (Å²) in [6.45, 7) is 0. The number of rotatable bonds is 1. The van der Waals surface area contributed by atoms with Gasteiger partial charge in [-0.2, -0.15) is 9.65 Å².